The Kier molecular flexibility index (Phi) is 7.97. The number of rotatable bonds is 10. The zero-order valence-electron chi connectivity index (χ0n) is 13.1. The average molecular weight is 294 g/mol. The van der Waals surface area contributed by atoms with Crippen LogP contribution in [0.5, 0.6) is 0 Å². The van der Waals surface area contributed by atoms with Gasteiger partial charge in [-0.3, -0.25) is 9.69 Å². The van der Waals surface area contributed by atoms with Crippen molar-refractivity contribution in [3.05, 3.63) is 35.9 Å². The lowest BCUT2D eigenvalue weighted by molar-refractivity contribution is -0.140. The van der Waals surface area contributed by atoms with E-state index < -0.39 is 12.0 Å². The molecule has 5 heteroatoms. The Balaban J connectivity index is 2.80. The molecule has 0 bridgehead atoms. The SMILES string of the molecule is CCN(CC)C(CNC(COC)C(=O)O)c1ccccc1. The summed E-state index contributed by atoms with van der Waals surface area (Å²) in [5.41, 5.74) is 1.19. The second kappa shape index (κ2) is 9.50. The molecule has 0 saturated heterocycles. The molecule has 0 amide bonds. The van der Waals surface area contributed by atoms with E-state index in [2.05, 4.69) is 36.2 Å². The van der Waals surface area contributed by atoms with Gasteiger partial charge in [-0.05, 0) is 18.7 Å². The Morgan fingerprint density at radius 1 is 1.29 bits per heavy atom. The number of methoxy groups -OCH3 is 1. The van der Waals surface area contributed by atoms with Gasteiger partial charge in [-0.1, -0.05) is 44.2 Å². The predicted molar refractivity (Wildman–Crippen MR) is 83.4 cm³/mol. The van der Waals surface area contributed by atoms with E-state index in [4.69, 9.17) is 4.74 Å². The molecule has 0 aliphatic carbocycles. The minimum atomic E-state index is -0.886. The highest BCUT2D eigenvalue weighted by Crippen LogP contribution is 2.19. The molecule has 0 saturated carbocycles. The molecule has 1 aromatic carbocycles. The van der Waals surface area contributed by atoms with Crippen molar-refractivity contribution in [3.8, 4) is 0 Å². The number of benzene rings is 1. The first kappa shape index (κ1) is 17.6. The minimum absolute atomic E-state index is 0.153. The number of nitrogens with one attached hydrogen (secondary N) is 1. The van der Waals surface area contributed by atoms with Gasteiger partial charge in [0.1, 0.15) is 6.04 Å². The van der Waals surface area contributed by atoms with Gasteiger partial charge < -0.3 is 15.2 Å². The van der Waals surface area contributed by atoms with E-state index in [1.807, 2.05) is 18.2 Å². The molecule has 0 fully saturated rings. The van der Waals surface area contributed by atoms with Gasteiger partial charge in [0.05, 0.1) is 6.61 Å². The maximum atomic E-state index is 11.2. The van der Waals surface area contributed by atoms with E-state index in [-0.39, 0.29) is 12.6 Å². The third-order valence-electron chi connectivity index (χ3n) is 3.63. The fourth-order valence-electron chi connectivity index (χ4n) is 2.44. The lowest BCUT2D eigenvalue weighted by atomic mass is 10.0. The molecule has 2 N–H and O–H groups in total. The van der Waals surface area contributed by atoms with Gasteiger partial charge in [0.2, 0.25) is 0 Å². The van der Waals surface area contributed by atoms with Crippen molar-refractivity contribution in [1.82, 2.24) is 10.2 Å². The Hall–Kier alpha value is -1.43. The lowest BCUT2D eigenvalue weighted by Gasteiger charge is -2.31. The quantitative estimate of drug-likeness (QED) is 0.688. The van der Waals surface area contributed by atoms with Crippen LogP contribution in [0.2, 0.25) is 0 Å². The molecule has 0 spiro atoms. The van der Waals surface area contributed by atoms with E-state index in [0.29, 0.717) is 6.54 Å². The van der Waals surface area contributed by atoms with Crippen LogP contribution in [0, 0.1) is 0 Å². The highest BCUT2D eigenvalue weighted by Gasteiger charge is 2.22. The van der Waals surface area contributed by atoms with Crippen LogP contribution in [0.15, 0.2) is 30.3 Å². The smallest absolute Gasteiger partial charge is 0.323 e. The standard InChI is InChI=1S/C16H26N2O3/c1-4-18(5-2)15(13-9-7-6-8-10-13)11-17-14(12-21-3)16(19)20/h6-10,14-15,17H,4-5,11-12H2,1-3H3,(H,19,20). The minimum Gasteiger partial charge on any atom is -0.480 e. The van der Waals surface area contributed by atoms with Crippen molar-refractivity contribution in [1.29, 1.82) is 0 Å². The highest BCUT2D eigenvalue weighted by atomic mass is 16.5. The maximum Gasteiger partial charge on any atom is 0.323 e. The van der Waals surface area contributed by atoms with E-state index in [1.54, 1.807) is 0 Å². The van der Waals surface area contributed by atoms with E-state index in [9.17, 15) is 9.90 Å². The third-order valence-corrected chi connectivity index (χ3v) is 3.63. The number of carboxylic acid groups (broad SMARTS) is 1. The van der Waals surface area contributed by atoms with Gasteiger partial charge >= 0.3 is 5.97 Å². The molecule has 0 aliphatic heterocycles. The van der Waals surface area contributed by atoms with Gasteiger partial charge in [-0.2, -0.15) is 0 Å². The van der Waals surface area contributed by atoms with Crippen LogP contribution in [0.1, 0.15) is 25.5 Å². The Bertz CT molecular complexity index is 407. The number of carbonyl (C=O) groups is 1. The summed E-state index contributed by atoms with van der Waals surface area (Å²) >= 11 is 0. The summed E-state index contributed by atoms with van der Waals surface area (Å²) in [4.78, 5) is 13.5. The van der Waals surface area contributed by atoms with E-state index in [1.165, 1.54) is 12.7 Å². The number of hydrogen-bond donors (Lipinski definition) is 2. The van der Waals surface area contributed by atoms with Gasteiger partial charge in [-0.15, -0.1) is 0 Å². The molecule has 2 atom stereocenters. The van der Waals surface area contributed by atoms with Crippen LogP contribution in [0.25, 0.3) is 0 Å². The summed E-state index contributed by atoms with van der Waals surface area (Å²) in [6.07, 6.45) is 0. The van der Waals surface area contributed by atoms with Crippen molar-refractivity contribution >= 4 is 5.97 Å². The van der Waals surface area contributed by atoms with Gasteiger partial charge in [0, 0.05) is 19.7 Å². The van der Waals surface area contributed by atoms with Crippen LogP contribution in [-0.2, 0) is 9.53 Å². The summed E-state index contributed by atoms with van der Waals surface area (Å²) in [7, 11) is 1.51. The molecule has 2 unspecified atom stereocenters. The first-order chi connectivity index (χ1) is 10.1. The van der Waals surface area contributed by atoms with Crippen LogP contribution in [-0.4, -0.2) is 55.4 Å². The zero-order valence-corrected chi connectivity index (χ0v) is 13.1. The molecule has 1 rings (SSSR count). The van der Waals surface area contributed by atoms with Crippen molar-refractivity contribution in [2.24, 2.45) is 0 Å². The van der Waals surface area contributed by atoms with E-state index >= 15 is 0 Å². The van der Waals surface area contributed by atoms with Gasteiger partial charge in [0.15, 0.2) is 0 Å². The molecule has 5 nitrogen and oxygen atoms in total. The summed E-state index contributed by atoms with van der Waals surface area (Å²) in [6.45, 7) is 6.80. The number of hydrogen-bond acceptors (Lipinski definition) is 4. The molecule has 0 aromatic heterocycles. The third kappa shape index (κ3) is 5.46. The number of carboxylic acids is 1. The summed E-state index contributed by atoms with van der Waals surface area (Å²) < 4.78 is 4.96. The summed E-state index contributed by atoms with van der Waals surface area (Å²) in [5.74, 6) is -0.886. The summed E-state index contributed by atoms with van der Waals surface area (Å²) in [5, 5.41) is 12.3. The first-order valence-corrected chi connectivity index (χ1v) is 7.38. The van der Waals surface area contributed by atoms with Gasteiger partial charge in [0.25, 0.3) is 0 Å². The predicted octanol–water partition coefficient (Wildman–Crippen LogP) is 1.76. The van der Waals surface area contributed by atoms with Crippen molar-refractivity contribution in [2.45, 2.75) is 25.9 Å². The normalized spacial score (nSPS) is 14.1. The van der Waals surface area contributed by atoms with Crippen LogP contribution in [0.3, 0.4) is 0 Å². The Labute approximate surface area is 126 Å². The molecule has 118 valence electrons. The van der Waals surface area contributed by atoms with Crippen molar-refractivity contribution < 1.29 is 14.6 Å². The lowest BCUT2D eigenvalue weighted by Crippen LogP contribution is -2.45. The number of ether oxygens (including phenoxy) is 1. The molecule has 0 heterocycles. The number of aliphatic carboxylic acids is 1. The molecular weight excluding hydrogens is 268 g/mol. The molecule has 1 aromatic rings. The van der Waals surface area contributed by atoms with Crippen molar-refractivity contribution in [2.75, 3.05) is 33.4 Å². The zero-order chi connectivity index (χ0) is 15.7. The number of nitrogens with zero attached hydrogens (tertiary/aromatic N) is 1. The van der Waals surface area contributed by atoms with Crippen LogP contribution >= 0.6 is 0 Å². The highest BCUT2D eigenvalue weighted by molar-refractivity contribution is 5.73. The topological polar surface area (TPSA) is 61.8 Å². The second-order valence-corrected chi connectivity index (χ2v) is 4.90. The Morgan fingerprint density at radius 2 is 1.90 bits per heavy atom. The van der Waals surface area contributed by atoms with E-state index in [0.717, 1.165) is 13.1 Å². The van der Waals surface area contributed by atoms with Crippen LogP contribution < -0.4 is 5.32 Å². The first-order valence-electron chi connectivity index (χ1n) is 7.38. The van der Waals surface area contributed by atoms with Gasteiger partial charge in [-0.25, -0.2) is 0 Å². The molecule has 0 radical (unpaired) electrons. The fourth-order valence-corrected chi connectivity index (χ4v) is 2.44. The monoisotopic (exact) mass is 294 g/mol. The fraction of sp³-hybridized carbons (Fsp3) is 0.562. The van der Waals surface area contributed by atoms with Crippen LogP contribution in [0.4, 0.5) is 0 Å². The average Bonchev–Trinajstić information content (AvgIpc) is 2.50. The maximum absolute atomic E-state index is 11.2. The van der Waals surface area contributed by atoms with Crippen molar-refractivity contribution in [3.63, 3.8) is 0 Å². The summed E-state index contributed by atoms with van der Waals surface area (Å²) in [6, 6.07) is 9.64. The Morgan fingerprint density at radius 3 is 2.38 bits per heavy atom. The largest absolute Gasteiger partial charge is 0.480 e. The molecule has 21 heavy (non-hydrogen) atoms. The molecule has 0 aliphatic rings. The molecular formula is C16H26N2O3. The second-order valence-electron chi connectivity index (χ2n) is 4.90. The number of likely N-dealkylation sites (N-methyl/N-ethyl adjacent to an activating group) is 1.